The van der Waals surface area contributed by atoms with Crippen LogP contribution in [0.3, 0.4) is 0 Å². The molecule has 2 aliphatic carbocycles. The maximum Gasteiger partial charge on any atom is 0.0198 e. The van der Waals surface area contributed by atoms with Crippen LogP contribution in [-0.2, 0) is 0 Å². The van der Waals surface area contributed by atoms with Crippen molar-refractivity contribution < 1.29 is 0 Å². The average molecular weight is 246 g/mol. The van der Waals surface area contributed by atoms with Gasteiger partial charge in [-0.25, -0.2) is 0 Å². The molecule has 2 heteroatoms. The minimum Gasteiger partial charge on any atom is -0.330 e. The first kappa shape index (κ1) is 13.6. The first-order chi connectivity index (χ1) is 8.53. The van der Waals surface area contributed by atoms with Gasteiger partial charge in [0.25, 0.3) is 0 Å². The van der Waals surface area contributed by atoms with Crippen LogP contribution in [0.1, 0.15) is 46.0 Å². The molecule has 2 aliphatic rings. The molecular weight excluding hydrogens is 220 g/mol. The average Bonchev–Trinajstić information content (AvgIpc) is 2.31. The van der Waals surface area contributed by atoms with Gasteiger partial charge in [-0.3, -0.25) is 0 Å². The largest absolute Gasteiger partial charge is 0.330 e. The third-order valence-corrected chi connectivity index (χ3v) is 4.34. The SMILES string of the molecule is CC1=CC(C2=CCC(CCN)C(C)(N)C2)=CCC1. The zero-order valence-electron chi connectivity index (χ0n) is 11.7. The molecule has 0 aromatic heterocycles. The summed E-state index contributed by atoms with van der Waals surface area (Å²) >= 11 is 0. The Labute approximate surface area is 111 Å². The lowest BCUT2D eigenvalue weighted by molar-refractivity contribution is 0.268. The van der Waals surface area contributed by atoms with E-state index in [-0.39, 0.29) is 5.54 Å². The van der Waals surface area contributed by atoms with Crippen LogP contribution in [0, 0.1) is 5.92 Å². The van der Waals surface area contributed by atoms with Gasteiger partial charge in [0.2, 0.25) is 0 Å². The van der Waals surface area contributed by atoms with Crippen LogP contribution in [0.25, 0.3) is 0 Å². The van der Waals surface area contributed by atoms with Gasteiger partial charge in [0.05, 0.1) is 0 Å². The second kappa shape index (κ2) is 5.41. The van der Waals surface area contributed by atoms with Crippen molar-refractivity contribution >= 4 is 0 Å². The van der Waals surface area contributed by atoms with Crippen LogP contribution in [0.5, 0.6) is 0 Å². The minimum atomic E-state index is -0.108. The van der Waals surface area contributed by atoms with Crippen molar-refractivity contribution in [1.82, 2.24) is 0 Å². The topological polar surface area (TPSA) is 52.0 Å². The van der Waals surface area contributed by atoms with E-state index >= 15 is 0 Å². The number of allylic oxidation sites excluding steroid dienone is 5. The highest BCUT2D eigenvalue weighted by molar-refractivity contribution is 5.45. The molecule has 0 saturated heterocycles. The molecule has 4 N–H and O–H groups in total. The van der Waals surface area contributed by atoms with Gasteiger partial charge >= 0.3 is 0 Å². The molecule has 0 bridgehead atoms. The highest BCUT2D eigenvalue weighted by atomic mass is 14.8. The van der Waals surface area contributed by atoms with Crippen molar-refractivity contribution in [2.75, 3.05) is 6.54 Å². The van der Waals surface area contributed by atoms with Gasteiger partial charge in [0.1, 0.15) is 0 Å². The third-order valence-electron chi connectivity index (χ3n) is 4.34. The summed E-state index contributed by atoms with van der Waals surface area (Å²) in [7, 11) is 0. The van der Waals surface area contributed by atoms with Crippen molar-refractivity contribution in [3.8, 4) is 0 Å². The zero-order valence-corrected chi connectivity index (χ0v) is 11.7. The van der Waals surface area contributed by atoms with E-state index in [1.54, 1.807) is 0 Å². The number of hydrogen-bond donors (Lipinski definition) is 2. The van der Waals surface area contributed by atoms with Crippen molar-refractivity contribution in [2.45, 2.75) is 51.5 Å². The first-order valence-electron chi connectivity index (χ1n) is 7.08. The number of rotatable bonds is 3. The van der Waals surface area contributed by atoms with Crippen LogP contribution in [0.15, 0.2) is 34.9 Å². The van der Waals surface area contributed by atoms with Crippen molar-refractivity contribution in [1.29, 1.82) is 0 Å². The quantitative estimate of drug-likeness (QED) is 0.804. The van der Waals surface area contributed by atoms with Crippen LogP contribution < -0.4 is 11.5 Å². The lowest BCUT2D eigenvalue weighted by Gasteiger charge is -2.38. The molecule has 0 aliphatic heterocycles. The Balaban J connectivity index is 2.15. The highest BCUT2D eigenvalue weighted by Crippen LogP contribution is 2.37. The third kappa shape index (κ3) is 2.93. The molecule has 2 unspecified atom stereocenters. The van der Waals surface area contributed by atoms with E-state index in [0.29, 0.717) is 5.92 Å². The van der Waals surface area contributed by atoms with Crippen LogP contribution in [0.2, 0.25) is 0 Å². The van der Waals surface area contributed by atoms with Crippen molar-refractivity contribution in [2.24, 2.45) is 17.4 Å². The summed E-state index contributed by atoms with van der Waals surface area (Å²) in [6.45, 7) is 5.14. The lowest BCUT2D eigenvalue weighted by atomic mass is 9.71. The Kier molecular flexibility index (Phi) is 4.08. The maximum atomic E-state index is 6.50. The summed E-state index contributed by atoms with van der Waals surface area (Å²) in [5.74, 6) is 0.528. The molecule has 0 aromatic carbocycles. The van der Waals surface area contributed by atoms with Gasteiger partial charge in [0, 0.05) is 5.54 Å². The summed E-state index contributed by atoms with van der Waals surface area (Å²) in [5.41, 5.74) is 16.4. The lowest BCUT2D eigenvalue weighted by Crippen LogP contribution is -2.47. The molecule has 18 heavy (non-hydrogen) atoms. The summed E-state index contributed by atoms with van der Waals surface area (Å²) in [6.07, 6.45) is 12.5. The molecule has 0 fully saturated rings. The van der Waals surface area contributed by atoms with Gasteiger partial charge < -0.3 is 11.5 Å². The van der Waals surface area contributed by atoms with Crippen molar-refractivity contribution in [3.63, 3.8) is 0 Å². The molecule has 2 rings (SSSR count). The van der Waals surface area contributed by atoms with Crippen LogP contribution in [-0.4, -0.2) is 12.1 Å². The van der Waals surface area contributed by atoms with E-state index in [1.165, 1.54) is 29.6 Å². The van der Waals surface area contributed by atoms with Gasteiger partial charge in [0.15, 0.2) is 0 Å². The molecule has 0 amide bonds. The predicted molar refractivity (Wildman–Crippen MR) is 78.1 cm³/mol. The summed E-state index contributed by atoms with van der Waals surface area (Å²) in [4.78, 5) is 0. The fourth-order valence-corrected chi connectivity index (χ4v) is 3.12. The molecule has 0 radical (unpaired) electrons. The second-order valence-corrected chi connectivity index (χ2v) is 6.11. The fraction of sp³-hybridized carbons (Fsp3) is 0.625. The van der Waals surface area contributed by atoms with Gasteiger partial charge in [-0.1, -0.05) is 23.8 Å². The van der Waals surface area contributed by atoms with E-state index in [9.17, 15) is 0 Å². The Morgan fingerprint density at radius 2 is 2.17 bits per heavy atom. The smallest absolute Gasteiger partial charge is 0.0198 e. The summed E-state index contributed by atoms with van der Waals surface area (Å²) in [6, 6.07) is 0. The van der Waals surface area contributed by atoms with E-state index in [2.05, 4.69) is 32.1 Å². The molecule has 0 heterocycles. The van der Waals surface area contributed by atoms with Crippen LogP contribution >= 0.6 is 0 Å². The van der Waals surface area contributed by atoms with Gasteiger partial charge in [-0.15, -0.1) is 0 Å². The summed E-state index contributed by atoms with van der Waals surface area (Å²) in [5, 5.41) is 0. The molecule has 0 saturated carbocycles. The Hall–Kier alpha value is -0.860. The summed E-state index contributed by atoms with van der Waals surface area (Å²) < 4.78 is 0. The maximum absolute atomic E-state index is 6.50. The standard InChI is InChI=1S/C16H26N2/c1-12-4-3-5-13(10-12)14-6-7-15(8-9-17)16(2,18)11-14/h5-6,10,15H,3-4,7-9,11,17-18H2,1-2H3. The minimum absolute atomic E-state index is 0.108. The number of nitrogens with two attached hydrogens (primary N) is 2. The Morgan fingerprint density at radius 1 is 1.39 bits per heavy atom. The normalized spacial score (nSPS) is 32.7. The molecule has 2 atom stereocenters. The highest BCUT2D eigenvalue weighted by Gasteiger charge is 2.33. The number of hydrogen-bond acceptors (Lipinski definition) is 2. The molecule has 100 valence electrons. The van der Waals surface area contributed by atoms with Gasteiger partial charge in [-0.2, -0.15) is 0 Å². The van der Waals surface area contributed by atoms with Crippen molar-refractivity contribution in [3.05, 3.63) is 34.9 Å². The molecule has 2 nitrogen and oxygen atoms in total. The van der Waals surface area contributed by atoms with E-state index < -0.39 is 0 Å². The zero-order chi connectivity index (χ0) is 13.2. The Bertz CT molecular complexity index is 399. The van der Waals surface area contributed by atoms with E-state index in [0.717, 1.165) is 25.8 Å². The fourth-order valence-electron chi connectivity index (χ4n) is 3.12. The Morgan fingerprint density at radius 3 is 2.78 bits per heavy atom. The first-order valence-corrected chi connectivity index (χ1v) is 7.08. The molecular formula is C16H26N2. The van der Waals surface area contributed by atoms with E-state index in [4.69, 9.17) is 11.5 Å². The monoisotopic (exact) mass is 246 g/mol. The van der Waals surface area contributed by atoms with Gasteiger partial charge in [-0.05, 0) is 69.6 Å². The molecule has 0 spiro atoms. The second-order valence-electron chi connectivity index (χ2n) is 6.11. The van der Waals surface area contributed by atoms with Crippen LogP contribution in [0.4, 0.5) is 0 Å². The molecule has 0 aromatic rings. The van der Waals surface area contributed by atoms with E-state index in [1.807, 2.05) is 0 Å². The predicted octanol–water partition coefficient (Wildman–Crippen LogP) is 3.06.